The van der Waals surface area contributed by atoms with E-state index in [1.807, 2.05) is 0 Å². The number of aliphatic hydroxyl groups excluding tert-OH is 1. The highest BCUT2D eigenvalue weighted by Crippen LogP contribution is 2.30. The molecule has 15 amide bonds. The van der Waals surface area contributed by atoms with Gasteiger partial charge in [0.1, 0.15) is 90.6 Å². The van der Waals surface area contributed by atoms with Gasteiger partial charge in [0.15, 0.2) is 47.7 Å². The summed E-state index contributed by atoms with van der Waals surface area (Å²) in [5.74, 6) is -16.2. The molecule has 58 nitrogen and oxygen atoms in total. The van der Waals surface area contributed by atoms with Crippen LogP contribution in [0.4, 0.5) is 0 Å². The van der Waals surface area contributed by atoms with Gasteiger partial charge in [-0.1, -0.05) is 13.8 Å². The first kappa shape index (κ1) is 119. The minimum Gasteiger partial charge on any atom is -0.480 e. The van der Waals surface area contributed by atoms with Crippen molar-refractivity contribution in [2.45, 2.75) is 297 Å². The number of rotatable bonds is 60. The highest BCUT2D eigenvalue weighted by molar-refractivity contribution is 6.02. The molecule has 6 rings (SSSR count). The van der Waals surface area contributed by atoms with Crippen molar-refractivity contribution in [1.29, 1.82) is 43.3 Å². The third kappa shape index (κ3) is 39.3. The topological polar surface area (TPSA) is 963 Å². The van der Waals surface area contributed by atoms with Crippen LogP contribution in [0.25, 0.3) is 0 Å². The van der Waals surface area contributed by atoms with Crippen molar-refractivity contribution in [3.63, 3.8) is 0 Å². The summed E-state index contributed by atoms with van der Waals surface area (Å²) >= 11 is 0. The fourth-order valence-electron chi connectivity index (χ4n) is 18.5. The third-order valence-electron chi connectivity index (χ3n) is 25.7. The lowest BCUT2D eigenvalue weighted by Crippen LogP contribution is -2.61. The Hall–Kier alpha value is -14.4. The van der Waals surface area contributed by atoms with Crippen molar-refractivity contribution in [3.8, 4) is 0 Å². The molecule has 6 saturated heterocycles. The molecule has 0 aromatic carbocycles. The van der Waals surface area contributed by atoms with Crippen LogP contribution in [0.1, 0.15) is 200 Å². The largest absolute Gasteiger partial charge is 0.480 e. The van der Waals surface area contributed by atoms with Crippen LogP contribution in [0.15, 0.2) is 0 Å². The number of carboxylic acids is 1. The van der Waals surface area contributed by atoms with Gasteiger partial charge in [0.2, 0.25) is 88.6 Å². The maximum absolute atomic E-state index is 15.3. The summed E-state index contributed by atoms with van der Waals surface area (Å²) in [4.78, 5) is 241. The minimum atomic E-state index is -1.75. The molecule has 6 aliphatic heterocycles. The number of carbonyl (C=O) groups is 16. The van der Waals surface area contributed by atoms with Gasteiger partial charge in [-0.15, -0.1) is 0 Å². The van der Waals surface area contributed by atoms with E-state index in [-0.39, 0.29) is 294 Å². The molecule has 145 heavy (non-hydrogen) atoms. The van der Waals surface area contributed by atoms with Gasteiger partial charge in [0.25, 0.3) is 0 Å². The molecule has 0 radical (unpaired) electrons. The SMILES string of the molecule is CC(C)C[C@H](NC(=O)[C@H](CCCNC(=N)N)NC(=O)[C@@H]1CCCN1C(=O)[C@@H]1CCCN1C(=O)[C@H](CCCNC(=N)N)NC(=O)[C@@H]1CCCN1C(=O)[C@H](CCCNC(=N)N)NC(=O)[C@H](CO)NC(=O)[C@H](CCCNC(=N)N)NC(=O)[C@@H](N)CCCNC(=N)N)C(=O)N1CCC[C@H]1C(=O)N[C@@H](CCCNC(=N)N)C(=O)N1CCC[C@H]1C(=O)N[C@@H](CCCNC(=N)N)C(=O)N1CCC[C@H]1C(=O)N[C@@H](CCCNC(=N)N)C(=O)O. The van der Waals surface area contributed by atoms with Crippen LogP contribution in [0.3, 0.4) is 0 Å². The molecule has 45 N–H and O–H groups in total. The molecule has 0 aliphatic carbocycles. The molecule has 58 heteroatoms. The number of hydrogen-bond acceptors (Lipinski definition) is 26. The minimum absolute atomic E-state index is 0.00206. The summed E-state index contributed by atoms with van der Waals surface area (Å²) in [5, 5.41) is 127. The van der Waals surface area contributed by atoms with Crippen LogP contribution >= 0.6 is 0 Å². The average molecular weight is 2050 g/mol. The Morgan fingerprint density at radius 1 is 0.276 bits per heavy atom. The molecule has 0 spiro atoms. The van der Waals surface area contributed by atoms with E-state index in [9.17, 15) is 58.2 Å². The van der Waals surface area contributed by atoms with Crippen molar-refractivity contribution in [1.82, 2.24) is 120 Å². The van der Waals surface area contributed by atoms with E-state index >= 15 is 28.8 Å². The Morgan fingerprint density at radius 2 is 0.483 bits per heavy atom. The molecule has 0 aromatic heterocycles. The summed E-state index contributed by atoms with van der Waals surface area (Å²) in [6, 6.07) is -21.3. The smallest absolute Gasteiger partial charge is 0.326 e. The predicted molar refractivity (Wildman–Crippen MR) is 531 cm³/mol. The molecular formula is C87H156N40O18. The lowest BCUT2D eigenvalue weighted by molar-refractivity contribution is -0.148. The normalized spacial score (nSPS) is 19.5. The number of nitrogens with zero attached hydrogens (tertiary/aromatic N) is 6. The van der Waals surface area contributed by atoms with Gasteiger partial charge < -0.3 is 182 Å². The van der Waals surface area contributed by atoms with Gasteiger partial charge in [0.05, 0.1) is 12.6 Å². The zero-order valence-corrected chi connectivity index (χ0v) is 82.7. The number of hydrogen-bond donors (Lipinski definition) is 36. The van der Waals surface area contributed by atoms with E-state index in [1.54, 1.807) is 13.8 Å². The summed E-state index contributed by atoms with van der Waals surface area (Å²) in [6.07, 6.45) is 3.06. The van der Waals surface area contributed by atoms with Crippen molar-refractivity contribution in [2.75, 3.05) is 98.2 Å². The van der Waals surface area contributed by atoms with Gasteiger partial charge in [-0.05, 0) is 192 Å². The van der Waals surface area contributed by atoms with E-state index in [1.165, 1.54) is 29.4 Å². The Morgan fingerprint density at radius 3 is 0.772 bits per heavy atom. The Labute approximate surface area is 841 Å². The molecular weight excluding hydrogens is 1890 g/mol. The van der Waals surface area contributed by atoms with Crippen LogP contribution in [0.5, 0.6) is 0 Å². The van der Waals surface area contributed by atoms with Gasteiger partial charge in [-0.25, -0.2) is 4.79 Å². The number of nitrogens with one attached hydrogen (secondary N) is 25. The van der Waals surface area contributed by atoms with E-state index in [2.05, 4.69) is 90.4 Å². The quantitative estimate of drug-likeness (QED) is 0.0153. The fraction of sp³-hybridized carbons (Fsp3) is 0.724. The van der Waals surface area contributed by atoms with E-state index < -0.39 is 216 Å². The molecule has 6 aliphatic rings. The number of carboxylic acid groups (broad SMARTS) is 1. The van der Waals surface area contributed by atoms with E-state index in [4.69, 9.17) is 94.9 Å². The highest BCUT2D eigenvalue weighted by atomic mass is 16.4. The second-order valence-electron chi connectivity index (χ2n) is 37.3. The molecule has 6 heterocycles. The number of likely N-dealkylation sites (tertiary alicyclic amines) is 6. The summed E-state index contributed by atoms with van der Waals surface area (Å²) in [6.45, 7) is 3.36. The molecule has 0 unspecified atom stereocenters. The molecule has 6 fully saturated rings. The van der Waals surface area contributed by atoms with Crippen molar-refractivity contribution in [3.05, 3.63) is 0 Å². The standard InChI is InChI=1S/C87H156N40O18/c1-47(2)45-56(77(142)125-42-14-27-60(125)71(136)117-52(21-7-35-109-84(97)98)74(139)123-40-12-26-59(123)69(134)116-53(22-8-36-110-85(99)100)75(140)124-41-13-28-61(124)72(137)119-55(79(144)145)24-10-38-112-87(103)104)120-65(130)50(19-5-33-107-82(93)94)114-68(133)62-29-15-43-126(62)78(143)63-30-16-44-127(63)76(141)54(23-9-37-111-86(101)102)118-70(135)58-25-11-39-122(58)73(138)51(20-6-34-108-83(95)96)115-67(132)57(46-128)121-66(131)49(18-4-32-106-81(91)92)113-64(129)48(88)17-3-31-105-80(89)90/h47-63,128H,3-46,88H2,1-2H3,(H,113,129)(H,114,133)(H,115,132)(H,116,134)(H,117,136)(H,118,135)(H,119,137)(H,120,130)(H,121,131)(H,144,145)(H4,89,90,105)(H4,91,92,106)(H4,93,94,107)(H4,95,96,108)(H4,97,98,109)(H4,99,100,110)(H4,101,102,111)(H4,103,104,112)/t48-,49-,50-,51-,52-,53-,54-,55-,56-,57-,58-,59-,60-,61-,62-,63-/m0/s1. The number of aliphatic hydroxyl groups is 1. The third-order valence-corrected chi connectivity index (χ3v) is 25.7. The molecule has 0 aromatic rings. The molecule has 0 bridgehead atoms. The Balaban J connectivity index is 1.18. The van der Waals surface area contributed by atoms with Crippen molar-refractivity contribution < 1.29 is 86.9 Å². The predicted octanol–water partition coefficient (Wildman–Crippen LogP) is -11.1. The molecule has 16 atom stereocenters. The fourth-order valence-corrected chi connectivity index (χ4v) is 18.5. The lowest BCUT2D eigenvalue weighted by Gasteiger charge is -2.34. The summed E-state index contributed by atoms with van der Waals surface area (Å²) in [5.41, 5.74) is 50.3. The van der Waals surface area contributed by atoms with Crippen LogP contribution in [0, 0.1) is 49.2 Å². The summed E-state index contributed by atoms with van der Waals surface area (Å²) in [7, 11) is 0. The Bertz CT molecular complexity index is 4530. The number of aliphatic carboxylic acids is 1. The van der Waals surface area contributed by atoms with Crippen LogP contribution in [0.2, 0.25) is 0 Å². The first-order valence-corrected chi connectivity index (χ1v) is 49.6. The lowest BCUT2D eigenvalue weighted by atomic mass is 10.0. The van der Waals surface area contributed by atoms with Gasteiger partial charge >= 0.3 is 5.97 Å². The average Bonchev–Trinajstić information content (AvgIpc) is 1.66. The highest BCUT2D eigenvalue weighted by Gasteiger charge is 2.49. The van der Waals surface area contributed by atoms with Crippen molar-refractivity contribution in [2.24, 2.45) is 57.5 Å². The van der Waals surface area contributed by atoms with E-state index in [0.717, 1.165) is 0 Å². The number of guanidine groups is 8. The van der Waals surface area contributed by atoms with Crippen LogP contribution in [-0.2, 0) is 76.7 Å². The maximum atomic E-state index is 15.3. The molecule has 0 saturated carbocycles. The van der Waals surface area contributed by atoms with E-state index in [0.29, 0.717) is 19.3 Å². The molecule has 812 valence electrons. The van der Waals surface area contributed by atoms with Crippen LogP contribution < -0.4 is 142 Å². The monoisotopic (exact) mass is 2050 g/mol. The second kappa shape index (κ2) is 60.9. The van der Waals surface area contributed by atoms with Crippen molar-refractivity contribution >= 4 is 142 Å². The van der Waals surface area contributed by atoms with Gasteiger partial charge in [-0.2, -0.15) is 0 Å². The Kier molecular flexibility index (Phi) is 50.1. The first-order chi connectivity index (χ1) is 68.8. The number of nitrogens with two attached hydrogens (primary N) is 9. The number of carbonyl (C=O) groups excluding carboxylic acids is 15. The second-order valence-corrected chi connectivity index (χ2v) is 37.3. The zero-order chi connectivity index (χ0) is 107. The maximum Gasteiger partial charge on any atom is 0.326 e. The summed E-state index contributed by atoms with van der Waals surface area (Å²) < 4.78 is 0. The zero-order valence-electron chi connectivity index (χ0n) is 82.7. The van der Waals surface area contributed by atoms with Gasteiger partial charge in [-0.3, -0.25) is 115 Å². The first-order valence-electron chi connectivity index (χ1n) is 49.6. The number of amides is 15. The van der Waals surface area contributed by atoms with Gasteiger partial charge in [0, 0.05) is 91.6 Å². The van der Waals surface area contributed by atoms with Crippen LogP contribution in [-0.4, -0.2) is 377 Å².